The van der Waals surface area contributed by atoms with Gasteiger partial charge in [0.2, 0.25) is 5.78 Å². The fourth-order valence-electron chi connectivity index (χ4n) is 2.59. The lowest BCUT2D eigenvalue weighted by molar-refractivity contribution is 0.0618. The lowest BCUT2D eigenvalue weighted by atomic mass is 10.0. The molecule has 3 heterocycles. The maximum absolute atomic E-state index is 12.5. The third-order valence-electron chi connectivity index (χ3n) is 3.61. The zero-order chi connectivity index (χ0) is 13.2. The summed E-state index contributed by atoms with van der Waals surface area (Å²) < 4.78 is 1.76. The van der Waals surface area contributed by atoms with Gasteiger partial charge in [-0.25, -0.2) is 9.97 Å². The van der Waals surface area contributed by atoms with Gasteiger partial charge in [-0.05, 0) is 25.3 Å². The zero-order valence-electron chi connectivity index (χ0n) is 10.7. The van der Waals surface area contributed by atoms with Crippen molar-refractivity contribution >= 4 is 11.7 Å². The summed E-state index contributed by atoms with van der Waals surface area (Å²) in [4.78, 5) is 22.8. The number of carbonyl (C=O) groups excluding carboxylic acids is 1. The molecule has 3 rings (SSSR count). The Balaban J connectivity index is 1.89. The average molecular weight is 259 g/mol. The number of imidazole rings is 1. The van der Waals surface area contributed by atoms with E-state index in [9.17, 15) is 4.79 Å². The summed E-state index contributed by atoms with van der Waals surface area (Å²) in [5.41, 5.74) is 6.20. The maximum Gasteiger partial charge on any atom is 0.274 e. The number of hydrogen-bond acceptors (Lipinski definition) is 4. The predicted octanol–water partition coefficient (Wildman–Crippen LogP) is 0.683. The third kappa shape index (κ3) is 2.19. The van der Waals surface area contributed by atoms with E-state index in [0.29, 0.717) is 18.0 Å². The molecule has 0 aromatic carbocycles. The van der Waals surface area contributed by atoms with Crippen LogP contribution in [0.4, 0.5) is 0 Å². The summed E-state index contributed by atoms with van der Waals surface area (Å²) in [6, 6.07) is 1.95. The second-order valence-corrected chi connectivity index (χ2v) is 4.84. The highest BCUT2D eigenvalue weighted by Gasteiger charge is 2.27. The van der Waals surface area contributed by atoms with E-state index in [1.165, 1.54) is 0 Å². The standard InChI is InChI=1S/C13H17N5O/c14-8-10-4-1-2-7-18(10)12(19)11-9-17-6-3-5-15-13(17)16-11/h3,5-6,9-10H,1-2,4,7-8,14H2. The van der Waals surface area contributed by atoms with Gasteiger partial charge in [0.05, 0.1) is 0 Å². The quantitative estimate of drug-likeness (QED) is 0.860. The molecule has 1 atom stereocenters. The van der Waals surface area contributed by atoms with Crippen LogP contribution in [0.25, 0.3) is 5.78 Å². The lowest BCUT2D eigenvalue weighted by Gasteiger charge is -2.34. The zero-order valence-corrected chi connectivity index (χ0v) is 10.7. The van der Waals surface area contributed by atoms with Crippen LogP contribution in [0.2, 0.25) is 0 Å². The molecule has 1 saturated heterocycles. The summed E-state index contributed by atoms with van der Waals surface area (Å²) in [5.74, 6) is 0.507. The van der Waals surface area contributed by atoms with Gasteiger partial charge in [-0.2, -0.15) is 0 Å². The van der Waals surface area contributed by atoms with Crippen molar-refractivity contribution in [2.45, 2.75) is 25.3 Å². The summed E-state index contributed by atoms with van der Waals surface area (Å²) >= 11 is 0. The highest BCUT2D eigenvalue weighted by atomic mass is 16.2. The minimum atomic E-state index is -0.0411. The first-order valence-electron chi connectivity index (χ1n) is 6.60. The van der Waals surface area contributed by atoms with E-state index in [-0.39, 0.29) is 11.9 Å². The van der Waals surface area contributed by atoms with E-state index in [1.807, 2.05) is 17.2 Å². The summed E-state index contributed by atoms with van der Waals surface area (Å²) in [6.45, 7) is 1.28. The number of rotatable bonds is 2. The van der Waals surface area contributed by atoms with Crippen LogP contribution in [-0.4, -0.2) is 44.3 Å². The van der Waals surface area contributed by atoms with Crippen molar-refractivity contribution in [3.05, 3.63) is 30.4 Å². The molecule has 0 bridgehead atoms. The average Bonchev–Trinajstić information content (AvgIpc) is 2.90. The van der Waals surface area contributed by atoms with E-state index in [4.69, 9.17) is 5.73 Å². The molecule has 2 N–H and O–H groups in total. The normalized spacial score (nSPS) is 19.8. The Labute approximate surface area is 111 Å². The van der Waals surface area contributed by atoms with Gasteiger partial charge in [0.1, 0.15) is 5.69 Å². The fraction of sp³-hybridized carbons (Fsp3) is 0.462. The number of carbonyl (C=O) groups is 1. The van der Waals surface area contributed by atoms with Crippen LogP contribution in [0.1, 0.15) is 29.8 Å². The van der Waals surface area contributed by atoms with Gasteiger partial charge in [0.25, 0.3) is 5.91 Å². The van der Waals surface area contributed by atoms with Crippen LogP contribution in [-0.2, 0) is 0 Å². The molecule has 1 aliphatic heterocycles. The second-order valence-electron chi connectivity index (χ2n) is 4.84. The Morgan fingerprint density at radius 2 is 2.37 bits per heavy atom. The van der Waals surface area contributed by atoms with Gasteiger partial charge in [-0.1, -0.05) is 0 Å². The van der Waals surface area contributed by atoms with Crippen molar-refractivity contribution in [1.29, 1.82) is 0 Å². The van der Waals surface area contributed by atoms with Crippen molar-refractivity contribution in [3.8, 4) is 0 Å². The highest BCUT2D eigenvalue weighted by Crippen LogP contribution is 2.18. The molecule has 19 heavy (non-hydrogen) atoms. The van der Waals surface area contributed by atoms with E-state index in [0.717, 1.165) is 25.8 Å². The molecule has 6 heteroatoms. The Bertz CT molecular complexity index is 560. The Kier molecular flexibility index (Phi) is 3.16. The summed E-state index contributed by atoms with van der Waals surface area (Å²) in [5, 5.41) is 0. The predicted molar refractivity (Wildman–Crippen MR) is 70.7 cm³/mol. The van der Waals surface area contributed by atoms with E-state index >= 15 is 0 Å². The SMILES string of the molecule is NCC1CCCCN1C(=O)c1cn2cccnc2n1. The molecule has 1 unspecified atom stereocenters. The molecule has 0 aliphatic carbocycles. The van der Waals surface area contributed by atoms with Gasteiger partial charge in [-0.15, -0.1) is 0 Å². The number of piperidine rings is 1. The van der Waals surface area contributed by atoms with Crippen LogP contribution in [0.3, 0.4) is 0 Å². The number of amides is 1. The first kappa shape index (κ1) is 12.1. The molecule has 1 aliphatic rings. The summed E-state index contributed by atoms with van der Waals surface area (Å²) in [7, 11) is 0. The Hall–Kier alpha value is -1.95. The first-order chi connectivity index (χ1) is 9.29. The number of nitrogens with zero attached hydrogens (tertiary/aromatic N) is 4. The number of fused-ring (bicyclic) bond motifs is 1. The monoisotopic (exact) mass is 259 g/mol. The number of aromatic nitrogens is 3. The Morgan fingerprint density at radius 1 is 1.47 bits per heavy atom. The van der Waals surface area contributed by atoms with Crippen molar-refractivity contribution in [3.63, 3.8) is 0 Å². The van der Waals surface area contributed by atoms with Crippen LogP contribution >= 0.6 is 0 Å². The fourth-order valence-corrected chi connectivity index (χ4v) is 2.59. The minimum Gasteiger partial charge on any atom is -0.333 e. The smallest absolute Gasteiger partial charge is 0.274 e. The molecular formula is C13H17N5O. The molecule has 2 aromatic rings. The molecule has 0 radical (unpaired) electrons. The third-order valence-corrected chi connectivity index (χ3v) is 3.61. The van der Waals surface area contributed by atoms with Crippen molar-refractivity contribution in [1.82, 2.24) is 19.3 Å². The number of hydrogen-bond donors (Lipinski definition) is 1. The van der Waals surface area contributed by atoms with Crippen LogP contribution < -0.4 is 5.73 Å². The van der Waals surface area contributed by atoms with Gasteiger partial charge in [0, 0.05) is 37.7 Å². The molecule has 2 aromatic heterocycles. The first-order valence-corrected chi connectivity index (χ1v) is 6.60. The van der Waals surface area contributed by atoms with Crippen LogP contribution in [0, 0.1) is 0 Å². The van der Waals surface area contributed by atoms with E-state index < -0.39 is 0 Å². The second kappa shape index (κ2) is 4.97. The summed E-state index contributed by atoms with van der Waals surface area (Å²) in [6.07, 6.45) is 8.38. The number of likely N-dealkylation sites (tertiary alicyclic amines) is 1. The van der Waals surface area contributed by atoms with Crippen molar-refractivity contribution in [2.75, 3.05) is 13.1 Å². The highest BCUT2D eigenvalue weighted by molar-refractivity contribution is 5.93. The topological polar surface area (TPSA) is 76.5 Å². The van der Waals surface area contributed by atoms with Gasteiger partial charge in [0.15, 0.2) is 0 Å². The van der Waals surface area contributed by atoms with E-state index in [1.54, 1.807) is 16.8 Å². The molecule has 1 fully saturated rings. The van der Waals surface area contributed by atoms with Crippen LogP contribution in [0.5, 0.6) is 0 Å². The van der Waals surface area contributed by atoms with Gasteiger partial charge in [-0.3, -0.25) is 9.20 Å². The minimum absolute atomic E-state index is 0.0411. The Morgan fingerprint density at radius 3 is 3.16 bits per heavy atom. The van der Waals surface area contributed by atoms with Gasteiger partial charge >= 0.3 is 0 Å². The van der Waals surface area contributed by atoms with E-state index in [2.05, 4.69) is 9.97 Å². The molecule has 1 amide bonds. The van der Waals surface area contributed by atoms with Crippen molar-refractivity contribution < 1.29 is 4.79 Å². The molecule has 0 saturated carbocycles. The molecular weight excluding hydrogens is 242 g/mol. The molecule has 0 spiro atoms. The molecule has 100 valence electrons. The largest absolute Gasteiger partial charge is 0.333 e. The van der Waals surface area contributed by atoms with Crippen molar-refractivity contribution in [2.24, 2.45) is 5.73 Å². The lowest BCUT2D eigenvalue weighted by Crippen LogP contribution is -2.47. The maximum atomic E-state index is 12.5. The van der Waals surface area contributed by atoms with Gasteiger partial charge < -0.3 is 10.6 Å². The van der Waals surface area contributed by atoms with Crippen LogP contribution in [0.15, 0.2) is 24.7 Å². The number of nitrogens with two attached hydrogens (primary N) is 1. The molecule has 6 nitrogen and oxygen atoms in total.